The zero-order valence-electron chi connectivity index (χ0n) is 27.4. The Balaban J connectivity index is 1.53. The number of rotatable bonds is 19. The molecule has 3 aromatic carbocycles. The summed E-state index contributed by atoms with van der Waals surface area (Å²) in [6.07, 6.45) is -1.09. The molecule has 0 fully saturated rings. The summed E-state index contributed by atoms with van der Waals surface area (Å²) in [6.45, 7) is 4.66. The number of ether oxygens (including phenoxy) is 4. The van der Waals surface area contributed by atoms with Crippen molar-refractivity contribution >= 4 is 11.8 Å². The van der Waals surface area contributed by atoms with E-state index in [-0.39, 0.29) is 57.2 Å². The predicted octanol–water partition coefficient (Wildman–Crippen LogP) is 3.63. The quantitative estimate of drug-likeness (QED) is 0.153. The second kappa shape index (κ2) is 18.3. The van der Waals surface area contributed by atoms with Gasteiger partial charge in [0.1, 0.15) is 23.1 Å². The second-order valence-corrected chi connectivity index (χ2v) is 12.2. The first-order valence-electron chi connectivity index (χ1n) is 15.3. The Morgan fingerprint density at radius 1 is 0.830 bits per heavy atom. The normalized spacial score (nSPS) is 13.4. The lowest BCUT2D eigenvalue weighted by Gasteiger charge is -2.28. The van der Waals surface area contributed by atoms with Crippen molar-refractivity contribution < 1.29 is 37.3 Å². The maximum absolute atomic E-state index is 14.0. The topological polar surface area (TPSA) is 147 Å². The van der Waals surface area contributed by atoms with Crippen LogP contribution in [-0.4, -0.2) is 63.9 Å². The molecule has 0 radical (unpaired) electrons. The van der Waals surface area contributed by atoms with Crippen LogP contribution in [0.3, 0.4) is 0 Å². The van der Waals surface area contributed by atoms with E-state index in [4.69, 9.17) is 30.4 Å². The number of methoxy groups -OCH3 is 2. The molecule has 3 aromatic rings. The maximum Gasteiger partial charge on any atom is 0.250 e. The number of nitrogens with one attached hydrogen (secondary N) is 2. The SMILES string of the molecule is COc1ccc(COCC(N)C(OCc2ccc(OC)cc2)C(=O)NCC(C)(C)CNC(=O)CC(N)Cc2cc(F)ccc2F)cc1. The van der Waals surface area contributed by atoms with E-state index in [9.17, 15) is 18.4 Å². The Morgan fingerprint density at radius 3 is 2.00 bits per heavy atom. The Hall–Kier alpha value is -4.10. The Labute approximate surface area is 275 Å². The Kier molecular flexibility index (Phi) is 14.5. The number of benzene rings is 3. The van der Waals surface area contributed by atoms with Gasteiger partial charge in [0.05, 0.1) is 40.1 Å². The predicted molar refractivity (Wildman–Crippen MR) is 175 cm³/mol. The summed E-state index contributed by atoms with van der Waals surface area (Å²) in [4.78, 5) is 26.0. The van der Waals surface area contributed by atoms with E-state index in [1.54, 1.807) is 26.4 Å². The molecule has 3 unspecified atom stereocenters. The lowest BCUT2D eigenvalue weighted by Crippen LogP contribution is -2.52. The fraction of sp³-hybridized carbons (Fsp3) is 0.429. The smallest absolute Gasteiger partial charge is 0.250 e. The Morgan fingerprint density at radius 2 is 1.40 bits per heavy atom. The molecule has 12 heteroatoms. The highest BCUT2D eigenvalue weighted by Gasteiger charge is 2.29. The largest absolute Gasteiger partial charge is 0.497 e. The van der Waals surface area contributed by atoms with E-state index >= 15 is 0 Å². The third kappa shape index (κ3) is 12.9. The number of hydrogen-bond donors (Lipinski definition) is 4. The van der Waals surface area contributed by atoms with Crippen LogP contribution >= 0.6 is 0 Å². The van der Waals surface area contributed by atoms with Crippen LogP contribution in [-0.2, 0) is 38.7 Å². The first-order valence-corrected chi connectivity index (χ1v) is 15.3. The molecular formula is C35H46F2N4O6. The minimum Gasteiger partial charge on any atom is -0.497 e. The summed E-state index contributed by atoms with van der Waals surface area (Å²) >= 11 is 0. The number of nitrogens with two attached hydrogens (primary N) is 2. The van der Waals surface area contributed by atoms with Crippen molar-refractivity contribution in [2.75, 3.05) is 33.9 Å². The van der Waals surface area contributed by atoms with E-state index in [1.165, 1.54) is 0 Å². The molecule has 0 saturated carbocycles. The van der Waals surface area contributed by atoms with Crippen LogP contribution < -0.4 is 31.6 Å². The number of hydrogen-bond acceptors (Lipinski definition) is 8. The van der Waals surface area contributed by atoms with Gasteiger partial charge in [-0.2, -0.15) is 0 Å². The third-order valence-electron chi connectivity index (χ3n) is 7.42. The number of carbonyl (C=O) groups excluding carboxylic acids is 2. The average molecular weight is 657 g/mol. The molecule has 3 rings (SSSR count). The molecule has 0 bridgehead atoms. The van der Waals surface area contributed by atoms with E-state index in [2.05, 4.69) is 10.6 Å². The number of carbonyl (C=O) groups is 2. The van der Waals surface area contributed by atoms with Crippen molar-refractivity contribution in [1.82, 2.24) is 10.6 Å². The van der Waals surface area contributed by atoms with Crippen molar-refractivity contribution in [3.63, 3.8) is 0 Å². The van der Waals surface area contributed by atoms with E-state index in [1.807, 2.05) is 50.2 Å². The maximum atomic E-state index is 14.0. The molecular weight excluding hydrogens is 610 g/mol. The Bertz CT molecular complexity index is 1420. The van der Waals surface area contributed by atoms with Gasteiger partial charge in [-0.15, -0.1) is 0 Å². The summed E-state index contributed by atoms with van der Waals surface area (Å²) in [5.74, 6) is -0.476. The zero-order valence-corrected chi connectivity index (χ0v) is 27.4. The van der Waals surface area contributed by atoms with Crippen molar-refractivity contribution in [3.8, 4) is 11.5 Å². The first kappa shape index (κ1) is 37.4. The molecule has 0 aliphatic carbocycles. The molecule has 47 heavy (non-hydrogen) atoms. The summed E-state index contributed by atoms with van der Waals surface area (Å²) in [6, 6.07) is 16.4. The van der Waals surface area contributed by atoms with Gasteiger partial charge in [0, 0.05) is 25.6 Å². The molecule has 2 amide bonds. The van der Waals surface area contributed by atoms with Crippen molar-refractivity contribution in [3.05, 3.63) is 95.1 Å². The highest BCUT2D eigenvalue weighted by molar-refractivity contribution is 5.81. The van der Waals surface area contributed by atoms with Crippen LogP contribution in [0.5, 0.6) is 11.5 Å². The van der Waals surface area contributed by atoms with Gasteiger partial charge in [0.15, 0.2) is 6.10 Å². The highest BCUT2D eigenvalue weighted by Crippen LogP contribution is 2.17. The van der Waals surface area contributed by atoms with Gasteiger partial charge in [0.25, 0.3) is 5.91 Å². The van der Waals surface area contributed by atoms with Gasteiger partial charge >= 0.3 is 0 Å². The number of amides is 2. The van der Waals surface area contributed by atoms with Crippen LogP contribution in [0.1, 0.15) is 37.0 Å². The van der Waals surface area contributed by atoms with Gasteiger partial charge in [-0.25, -0.2) is 8.78 Å². The molecule has 0 heterocycles. The molecule has 0 aliphatic heterocycles. The average Bonchev–Trinajstić information content (AvgIpc) is 3.05. The fourth-order valence-electron chi connectivity index (χ4n) is 4.62. The van der Waals surface area contributed by atoms with E-state index < -0.39 is 41.1 Å². The molecule has 0 aromatic heterocycles. The lowest BCUT2D eigenvalue weighted by molar-refractivity contribution is -0.137. The molecule has 10 nitrogen and oxygen atoms in total. The van der Waals surface area contributed by atoms with Crippen LogP contribution in [0.2, 0.25) is 0 Å². The van der Waals surface area contributed by atoms with Crippen LogP contribution in [0, 0.1) is 17.0 Å². The van der Waals surface area contributed by atoms with Gasteiger partial charge in [-0.05, 0) is 71.0 Å². The zero-order chi connectivity index (χ0) is 34.4. The van der Waals surface area contributed by atoms with Gasteiger partial charge in [-0.3, -0.25) is 9.59 Å². The van der Waals surface area contributed by atoms with Crippen LogP contribution in [0.15, 0.2) is 66.7 Å². The van der Waals surface area contributed by atoms with Crippen molar-refractivity contribution in [2.45, 2.75) is 58.1 Å². The monoisotopic (exact) mass is 656 g/mol. The van der Waals surface area contributed by atoms with Gasteiger partial charge < -0.3 is 41.0 Å². The van der Waals surface area contributed by atoms with Gasteiger partial charge in [-0.1, -0.05) is 38.1 Å². The van der Waals surface area contributed by atoms with E-state index in [0.717, 1.165) is 35.1 Å². The molecule has 6 N–H and O–H groups in total. The number of halogens is 2. The molecule has 0 spiro atoms. The third-order valence-corrected chi connectivity index (χ3v) is 7.42. The van der Waals surface area contributed by atoms with Crippen LogP contribution in [0.4, 0.5) is 8.78 Å². The van der Waals surface area contributed by atoms with Crippen molar-refractivity contribution in [2.24, 2.45) is 16.9 Å². The van der Waals surface area contributed by atoms with Gasteiger partial charge in [0.2, 0.25) is 5.91 Å². The lowest BCUT2D eigenvalue weighted by atomic mass is 9.93. The summed E-state index contributed by atoms with van der Waals surface area (Å²) in [7, 11) is 3.17. The minimum absolute atomic E-state index is 0.0123. The standard InChI is InChI=1S/C35H46F2N4O6/c1-35(2,21-40-32(42)17-27(38)16-25-15-26(36)9-14-30(25)37)22-41-34(43)33(47-19-24-7-12-29(45-4)13-8-24)31(39)20-46-18-23-5-10-28(44-3)11-6-23/h5-15,27,31,33H,16-22,38-39H2,1-4H3,(H,40,42)(H,41,43). The van der Waals surface area contributed by atoms with E-state index in [0.29, 0.717) is 5.75 Å². The summed E-state index contributed by atoms with van der Waals surface area (Å²) in [5.41, 5.74) is 13.8. The first-order chi connectivity index (χ1) is 22.4. The molecule has 0 aliphatic rings. The van der Waals surface area contributed by atoms with Crippen molar-refractivity contribution in [1.29, 1.82) is 0 Å². The molecule has 3 atom stereocenters. The highest BCUT2D eigenvalue weighted by atomic mass is 19.1. The summed E-state index contributed by atoms with van der Waals surface area (Å²) in [5, 5.41) is 5.72. The minimum atomic E-state index is -1.03. The summed E-state index contributed by atoms with van der Waals surface area (Å²) < 4.78 is 49.7. The fourth-order valence-corrected chi connectivity index (χ4v) is 4.62. The molecule has 0 saturated heterocycles. The molecule has 256 valence electrons. The second-order valence-electron chi connectivity index (χ2n) is 12.2. The van der Waals surface area contributed by atoms with Crippen LogP contribution in [0.25, 0.3) is 0 Å².